The van der Waals surface area contributed by atoms with E-state index < -0.39 is 5.54 Å². The average molecular weight is 490 g/mol. The number of benzene rings is 2. The van der Waals surface area contributed by atoms with E-state index in [0.29, 0.717) is 23.8 Å². The van der Waals surface area contributed by atoms with Crippen molar-refractivity contribution in [3.63, 3.8) is 0 Å². The number of fused-ring (bicyclic) bond motifs is 1. The van der Waals surface area contributed by atoms with E-state index in [4.69, 9.17) is 11.6 Å². The van der Waals surface area contributed by atoms with Gasteiger partial charge in [0.15, 0.2) is 0 Å². The Balaban J connectivity index is 1.52. The Hall–Kier alpha value is -3.05. The number of rotatable bonds is 5. The molecule has 1 unspecified atom stereocenters. The van der Waals surface area contributed by atoms with Gasteiger partial charge in [-0.05, 0) is 55.2 Å². The number of aromatic nitrogens is 1. The van der Waals surface area contributed by atoms with Crippen LogP contribution >= 0.6 is 11.6 Å². The molecule has 1 aliphatic heterocycles. The molecule has 1 aromatic heterocycles. The Bertz CT molecular complexity index is 1200. The lowest BCUT2D eigenvalue weighted by molar-refractivity contribution is -0.134. The third-order valence-electron chi connectivity index (χ3n) is 7.51. The lowest BCUT2D eigenvalue weighted by Crippen LogP contribution is -2.64. The van der Waals surface area contributed by atoms with E-state index in [1.165, 1.54) is 12.8 Å². The molecular weight excluding hydrogens is 458 g/mol. The molecule has 0 saturated heterocycles. The van der Waals surface area contributed by atoms with E-state index in [0.717, 1.165) is 42.5 Å². The summed E-state index contributed by atoms with van der Waals surface area (Å²) in [4.78, 5) is 29.6. The topological polar surface area (TPSA) is 54.3 Å². The first-order valence-corrected chi connectivity index (χ1v) is 13.0. The molecule has 1 aliphatic carbocycles. The largest absolute Gasteiger partial charge is 0.351 e. The van der Waals surface area contributed by atoms with Crippen LogP contribution in [0.4, 0.5) is 0 Å². The number of carbonyl (C=O) groups excluding carboxylic acids is 2. The standard InChI is InChI=1S/C29H32ClN3O2/c1-29(28(35)31-24-11-7-2-3-8-12-24)20-32-25(22-9-5-4-6-10-22)17-18-26(32)27(34)33(29)19-21-13-15-23(30)16-14-21/h4-6,9-10,13-18,24H,2-3,7-8,11-12,19-20H2,1H3,(H,31,35). The molecule has 0 radical (unpaired) electrons. The highest BCUT2D eigenvalue weighted by Gasteiger charge is 2.48. The smallest absolute Gasteiger partial charge is 0.271 e. The van der Waals surface area contributed by atoms with E-state index >= 15 is 0 Å². The van der Waals surface area contributed by atoms with Crippen molar-refractivity contribution in [1.82, 2.24) is 14.8 Å². The van der Waals surface area contributed by atoms with Crippen molar-refractivity contribution >= 4 is 23.4 Å². The van der Waals surface area contributed by atoms with Crippen LogP contribution in [0.1, 0.15) is 61.5 Å². The summed E-state index contributed by atoms with van der Waals surface area (Å²) < 4.78 is 2.02. The first-order valence-electron chi connectivity index (χ1n) is 12.6. The van der Waals surface area contributed by atoms with Crippen molar-refractivity contribution in [1.29, 1.82) is 0 Å². The quantitative estimate of drug-likeness (QED) is 0.443. The fraction of sp³-hybridized carbons (Fsp3) is 0.379. The zero-order valence-corrected chi connectivity index (χ0v) is 20.9. The summed E-state index contributed by atoms with van der Waals surface area (Å²) in [7, 11) is 0. The van der Waals surface area contributed by atoms with Crippen molar-refractivity contribution in [3.05, 3.63) is 83.0 Å². The Labute approximate surface area is 212 Å². The molecule has 182 valence electrons. The van der Waals surface area contributed by atoms with Gasteiger partial charge in [0, 0.05) is 23.3 Å². The minimum absolute atomic E-state index is 0.0786. The molecule has 2 heterocycles. The molecule has 2 aromatic carbocycles. The Morgan fingerprint density at radius 1 is 0.943 bits per heavy atom. The van der Waals surface area contributed by atoms with Gasteiger partial charge < -0.3 is 14.8 Å². The molecule has 1 saturated carbocycles. The van der Waals surface area contributed by atoms with Crippen LogP contribution in [0.5, 0.6) is 0 Å². The van der Waals surface area contributed by atoms with E-state index in [1.54, 1.807) is 4.90 Å². The Morgan fingerprint density at radius 3 is 2.29 bits per heavy atom. The molecular formula is C29H32ClN3O2. The number of hydrogen-bond donors (Lipinski definition) is 1. The zero-order chi connectivity index (χ0) is 24.4. The lowest BCUT2D eigenvalue weighted by atomic mass is 9.92. The molecule has 6 heteroatoms. The van der Waals surface area contributed by atoms with Crippen LogP contribution in [0.2, 0.25) is 5.02 Å². The molecule has 0 spiro atoms. The van der Waals surface area contributed by atoms with Crippen molar-refractivity contribution in [2.24, 2.45) is 0 Å². The second-order valence-corrected chi connectivity index (χ2v) is 10.4. The first-order chi connectivity index (χ1) is 17.0. The van der Waals surface area contributed by atoms with Crippen molar-refractivity contribution < 1.29 is 9.59 Å². The van der Waals surface area contributed by atoms with Gasteiger partial charge in [-0.2, -0.15) is 0 Å². The molecule has 3 aromatic rings. The maximum absolute atomic E-state index is 13.9. The van der Waals surface area contributed by atoms with E-state index in [1.807, 2.05) is 78.2 Å². The number of hydrogen-bond acceptors (Lipinski definition) is 2. The van der Waals surface area contributed by atoms with Crippen molar-refractivity contribution in [3.8, 4) is 11.3 Å². The predicted octanol–water partition coefficient (Wildman–Crippen LogP) is 6.06. The maximum Gasteiger partial charge on any atom is 0.271 e. The summed E-state index contributed by atoms with van der Waals surface area (Å²) in [6.07, 6.45) is 6.70. The zero-order valence-electron chi connectivity index (χ0n) is 20.2. The number of halogens is 1. The summed E-state index contributed by atoms with van der Waals surface area (Å²) >= 11 is 6.09. The van der Waals surface area contributed by atoms with Crippen molar-refractivity contribution in [2.75, 3.05) is 0 Å². The molecule has 2 aliphatic rings. The van der Waals surface area contributed by atoms with Crippen LogP contribution in [0, 0.1) is 0 Å². The molecule has 0 bridgehead atoms. The van der Waals surface area contributed by atoms with Crippen LogP contribution in [-0.2, 0) is 17.9 Å². The predicted molar refractivity (Wildman–Crippen MR) is 139 cm³/mol. The molecule has 1 N–H and O–H groups in total. The number of nitrogens with zero attached hydrogens (tertiary/aromatic N) is 2. The van der Waals surface area contributed by atoms with Crippen LogP contribution in [0.25, 0.3) is 11.3 Å². The minimum Gasteiger partial charge on any atom is -0.351 e. The summed E-state index contributed by atoms with van der Waals surface area (Å²) in [6, 6.07) is 21.5. The van der Waals surface area contributed by atoms with Gasteiger partial charge in [-0.25, -0.2) is 0 Å². The van der Waals surface area contributed by atoms with Gasteiger partial charge in [-0.1, -0.05) is 79.7 Å². The molecule has 5 rings (SSSR count). The van der Waals surface area contributed by atoms with Gasteiger partial charge in [0.2, 0.25) is 5.91 Å². The van der Waals surface area contributed by atoms with Crippen molar-refractivity contribution in [2.45, 2.75) is 70.1 Å². The Kier molecular flexibility index (Phi) is 6.70. The molecule has 35 heavy (non-hydrogen) atoms. The van der Waals surface area contributed by atoms with Gasteiger partial charge in [-0.3, -0.25) is 9.59 Å². The first kappa shape index (κ1) is 23.7. The summed E-state index contributed by atoms with van der Waals surface area (Å²) in [5.74, 6) is -0.211. The fourth-order valence-electron chi connectivity index (χ4n) is 5.42. The van der Waals surface area contributed by atoms with Gasteiger partial charge in [0.25, 0.3) is 5.91 Å². The highest BCUT2D eigenvalue weighted by Crippen LogP contribution is 2.34. The van der Waals surface area contributed by atoms with E-state index in [2.05, 4.69) is 5.32 Å². The fourth-order valence-corrected chi connectivity index (χ4v) is 5.54. The van der Waals surface area contributed by atoms with Gasteiger partial charge in [0.05, 0.1) is 6.54 Å². The SMILES string of the molecule is CC1(C(=O)NC2CCCCCC2)Cn2c(ccc2-c2ccccc2)C(=O)N1Cc1ccc(Cl)cc1. The summed E-state index contributed by atoms with van der Waals surface area (Å²) in [5.41, 5.74) is 2.51. The van der Waals surface area contributed by atoms with Gasteiger partial charge >= 0.3 is 0 Å². The third-order valence-corrected chi connectivity index (χ3v) is 7.76. The van der Waals surface area contributed by atoms with Crippen LogP contribution in [0.3, 0.4) is 0 Å². The number of nitrogens with one attached hydrogen (secondary N) is 1. The lowest BCUT2D eigenvalue weighted by Gasteiger charge is -2.45. The number of carbonyl (C=O) groups is 2. The number of amides is 2. The molecule has 1 atom stereocenters. The van der Waals surface area contributed by atoms with Gasteiger partial charge in [-0.15, -0.1) is 0 Å². The molecule has 1 fully saturated rings. The normalized spacial score (nSPS) is 20.9. The maximum atomic E-state index is 13.9. The molecule has 5 nitrogen and oxygen atoms in total. The van der Waals surface area contributed by atoms with Crippen LogP contribution < -0.4 is 5.32 Å². The Morgan fingerprint density at radius 2 is 1.60 bits per heavy atom. The molecule has 2 amide bonds. The second-order valence-electron chi connectivity index (χ2n) is 10.0. The van der Waals surface area contributed by atoms with E-state index in [-0.39, 0.29) is 17.9 Å². The highest BCUT2D eigenvalue weighted by atomic mass is 35.5. The summed E-state index contributed by atoms with van der Waals surface area (Å²) in [5, 5.41) is 3.98. The second kappa shape index (κ2) is 9.90. The highest BCUT2D eigenvalue weighted by molar-refractivity contribution is 6.30. The van der Waals surface area contributed by atoms with Gasteiger partial charge in [0.1, 0.15) is 11.2 Å². The third kappa shape index (κ3) is 4.74. The monoisotopic (exact) mass is 489 g/mol. The van der Waals surface area contributed by atoms with Crippen LogP contribution in [0.15, 0.2) is 66.7 Å². The minimum atomic E-state index is -1.03. The van der Waals surface area contributed by atoms with Crippen LogP contribution in [-0.4, -0.2) is 32.9 Å². The average Bonchev–Trinajstić information content (AvgIpc) is 3.11. The summed E-state index contributed by atoms with van der Waals surface area (Å²) in [6.45, 7) is 2.65. The van der Waals surface area contributed by atoms with E-state index in [9.17, 15) is 9.59 Å².